The highest BCUT2D eigenvalue weighted by Crippen LogP contribution is 2.31. The summed E-state index contributed by atoms with van der Waals surface area (Å²) >= 11 is 0. The van der Waals surface area contributed by atoms with Gasteiger partial charge in [-0.3, -0.25) is 14.9 Å². The second kappa shape index (κ2) is 6.23. The molecule has 0 unspecified atom stereocenters. The van der Waals surface area contributed by atoms with Crippen LogP contribution in [0, 0.1) is 10.1 Å². The lowest BCUT2D eigenvalue weighted by molar-refractivity contribution is -0.385. The number of nitro groups is 1. The minimum absolute atomic E-state index is 0.0754. The van der Waals surface area contributed by atoms with Crippen molar-refractivity contribution in [1.82, 2.24) is 0 Å². The number of benzene rings is 1. The molecule has 0 radical (unpaired) electrons. The van der Waals surface area contributed by atoms with Crippen LogP contribution < -0.4 is 10.1 Å². The van der Waals surface area contributed by atoms with Gasteiger partial charge in [0.05, 0.1) is 18.0 Å². The van der Waals surface area contributed by atoms with Gasteiger partial charge in [0.15, 0.2) is 5.75 Å². The maximum atomic E-state index is 10.9. The predicted octanol–water partition coefficient (Wildman–Crippen LogP) is 2.66. The van der Waals surface area contributed by atoms with E-state index in [2.05, 4.69) is 5.32 Å². The van der Waals surface area contributed by atoms with E-state index in [-0.39, 0.29) is 17.9 Å². The topological polar surface area (TPSA) is 102 Å². The van der Waals surface area contributed by atoms with Crippen molar-refractivity contribution in [3.05, 3.63) is 28.3 Å². The molecular formula is C13H18N2O5. The molecule has 0 aliphatic heterocycles. The molecule has 110 valence electrons. The third kappa shape index (κ3) is 4.42. The van der Waals surface area contributed by atoms with Gasteiger partial charge in [0, 0.05) is 23.4 Å². The van der Waals surface area contributed by atoms with Gasteiger partial charge in [0.2, 0.25) is 0 Å². The van der Waals surface area contributed by atoms with Gasteiger partial charge in [-0.1, -0.05) is 0 Å². The van der Waals surface area contributed by atoms with E-state index in [1.165, 1.54) is 18.2 Å². The first-order chi connectivity index (χ1) is 9.25. The zero-order valence-corrected chi connectivity index (χ0v) is 11.7. The molecule has 0 saturated carbocycles. The Morgan fingerprint density at radius 2 is 2.15 bits per heavy atom. The summed E-state index contributed by atoms with van der Waals surface area (Å²) in [5, 5.41) is 22.7. The standard InChI is InChI=1S/C13H18N2O5/c1-4-20-11-7-9(5-6-10(11)15(18)19)14-13(2,3)8-12(16)17/h5-7,14H,4,8H2,1-3H3,(H,16,17). The Bertz CT molecular complexity index is 513. The van der Waals surface area contributed by atoms with E-state index in [0.29, 0.717) is 12.3 Å². The summed E-state index contributed by atoms with van der Waals surface area (Å²) in [4.78, 5) is 21.1. The molecule has 0 aliphatic carbocycles. The van der Waals surface area contributed by atoms with Gasteiger partial charge in [-0.25, -0.2) is 0 Å². The molecule has 0 bridgehead atoms. The SMILES string of the molecule is CCOc1cc(NC(C)(C)CC(=O)O)ccc1[N+](=O)[O-]. The number of ether oxygens (including phenoxy) is 1. The Kier molecular flexibility index (Phi) is 4.90. The molecule has 0 amide bonds. The minimum Gasteiger partial charge on any atom is -0.487 e. The number of aliphatic carboxylic acids is 1. The fourth-order valence-electron chi connectivity index (χ4n) is 1.83. The van der Waals surface area contributed by atoms with E-state index in [1.54, 1.807) is 20.8 Å². The molecule has 0 heterocycles. The lowest BCUT2D eigenvalue weighted by Gasteiger charge is -2.25. The summed E-state index contributed by atoms with van der Waals surface area (Å²) in [7, 11) is 0. The number of carboxylic acids is 1. The van der Waals surface area contributed by atoms with E-state index >= 15 is 0 Å². The maximum absolute atomic E-state index is 10.9. The van der Waals surface area contributed by atoms with E-state index in [0.717, 1.165) is 0 Å². The smallest absolute Gasteiger partial charge is 0.311 e. The number of rotatable bonds is 7. The molecule has 7 heteroatoms. The second-order valence-electron chi connectivity index (χ2n) is 4.95. The van der Waals surface area contributed by atoms with E-state index < -0.39 is 16.4 Å². The molecule has 0 saturated heterocycles. The van der Waals surface area contributed by atoms with Crippen molar-refractivity contribution < 1.29 is 19.6 Å². The Morgan fingerprint density at radius 3 is 2.65 bits per heavy atom. The van der Waals surface area contributed by atoms with Gasteiger partial charge in [-0.2, -0.15) is 0 Å². The van der Waals surface area contributed by atoms with Crippen LogP contribution >= 0.6 is 0 Å². The molecule has 1 aromatic rings. The van der Waals surface area contributed by atoms with Crippen molar-refractivity contribution in [2.45, 2.75) is 32.7 Å². The van der Waals surface area contributed by atoms with Crippen LogP contribution in [0.3, 0.4) is 0 Å². The van der Waals surface area contributed by atoms with Crippen molar-refractivity contribution in [3.8, 4) is 5.75 Å². The number of hydrogen-bond acceptors (Lipinski definition) is 5. The third-order valence-electron chi connectivity index (χ3n) is 2.53. The van der Waals surface area contributed by atoms with Crippen LogP contribution in [0.1, 0.15) is 27.2 Å². The number of carboxylic acid groups (broad SMARTS) is 1. The van der Waals surface area contributed by atoms with Gasteiger partial charge < -0.3 is 15.2 Å². The first-order valence-corrected chi connectivity index (χ1v) is 6.16. The van der Waals surface area contributed by atoms with Crippen molar-refractivity contribution >= 4 is 17.3 Å². The average Bonchev–Trinajstić information content (AvgIpc) is 2.26. The van der Waals surface area contributed by atoms with Gasteiger partial charge >= 0.3 is 11.7 Å². The first-order valence-electron chi connectivity index (χ1n) is 6.16. The molecule has 20 heavy (non-hydrogen) atoms. The molecule has 1 rings (SSSR count). The van der Waals surface area contributed by atoms with Gasteiger partial charge in [0.1, 0.15) is 0 Å². The third-order valence-corrected chi connectivity index (χ3v) is 2.53. The molecule has 2 N–H and O–H groups in total. The van der Waals surface area contributed by atoms with Gasteiger partial charge in [-0.05, 0) is 26.8 Å². The van der Waals surface area contributed by atoms with Crippen LogP contribution in [0.15, 0.2) is 18.2 Å². The van der Waals surface area contributed by atoms with E-state index in [4.69, 9.17) is 9.84 Å². The van der Waals surface area contributed by atoms with Gasteiger partial charge in [0.25, 0.3) is 0 Å². The van der Waals surface area contributed by atoms with Crippen molar-refractivity contribution in [2.24, 2.45) is 0 Å². The molecule has 1 aromatic carbocycles. The lowest BCUT2D eigenvalue weighted by atomic mass is 10.0. The molecule has 0 aliphatic rings. The van der Waals surface area contributed by atoms with Crippen LogP contribution in [-0.4, -0.2) is 28.1 Å². The number of nitrogens with one attached hydrogen (secondary N) is 1. The monoisotopic (exact) mass is 282 g/mol. The van der Waals surface area contributed by atoms with E-state index in [1.807, 2.05) is 0 Å². The molecule has 0 spiro atoms. The lowest BCUT2D eigenvalue weighted by Crippen LogP contribution is -2.33. The van der Waals surface area contributed by atoms with Crippen LogP contribution in [0.5, 0.6) is 5.75 Å². The Labute approximate surface area is 116 Å². The van der Waals surface area contributed by atoms with Crippen LogP contribution in [0.25, 0.3) is 0 Å². The summed E-state index contributed by atoms with van der Waals surface area (Å²) in [6.45, 7) is 5.52. The largest absolute Gasteiger partial charge is 0.487 e. The molecule has 0 atom stereocenters. The molecule has 7 nitrogen and oxygen atoms in total. The van der Waals surface area contributed by atoms with Crippen LogP contribution in [0.4, 0.5) is 11.4 Å². The molecule has 0 fully saturated rings. The summed E-state index contributed by atoms with van der Waals surface area (Å²) in [6.07, 6.45) is -0.0754. The highest BCUT2D eigenvalue weighted by Gasteiger charge is 2.23. The highest BCUT2D eigenvalue weighted by molar-refractivity contribution is 5.69. The molecular weight excluding hydrogens is 264 g/mol. The van der Waals surface area contributed by atoms with Crippen molar-refractivity contribution in [3.63, 3.8) is 0 Å². The molecule has 0 aromatic heterocycles. The van der Waals surface area contributed by atoms with Crippen LogP contribution in [-0.2, 0) is 4.79 Å². The quantitative estimate of drug-likeness (QED) is 0.589. The van der Waals surface area contributed by atoms with Crippen molar-refractivity contribution in [2.75, 3.05) is 11.9 Å². The predicted molar refractivity (Wildman–Crippen MR) is 74.2 cm³/mol. The normalized spacial score (nSPS) is 10.9. The Hall–Kier alpha value is -2.31. The number of nitrogens with zero attached hydrogens (tertiary/aromatic N) is 1. The Balaban J connectivity index is 3.00. The number of nitro benzene ring substituents is 1. The fraction of sp³-hybridized carbons (Fsp3) is 0.462. The van der Waals surface area contributed by atoms with Crippen molar-refractivity contribution in [1.29, 1.82) is 0 Å². The minimum atomic E-state index is -0.922. The Morgan fingerprint density at radius 1 is 1.50 bits per heavy atom. The summed E-state index contributed by atoms with van der Waals surface area (Å²) in [5.41, 5.74) is -0.218. The highest BCUT2D eigenvalue weighted by atomic mass is 16.6. The number of hydrogen-bond donors (Lipinski definition) is 2. The van der Waals surface area contributed by atoms with E-state index in [9.17, 15) is 14.9 Å². The first kappa shape index (κ1) is 15.7. The summed E-state index contributed by atoms with van der Waals surface area (Å²) in [6, 6.07) is 4.37. The summed E-state index contributed by atoms with van der Waals surface area (Å²) < 4.78 is 5.24. The summed E-state index contributed by atoms with van der Waals surface area (Å²) in [5.74, 6) is -0.761. The zero-order valence-electron chi connectivity index (χ0n) is 11.7. The zero-order chi connectivity index (χ0) is 15.3. The fourth-order valence-corrected chi connectivity index (χ4v) is 1.83. The number of carbonyl (C=O) groups is 1. The number of anilines is 1. The second-order valence-corrected chi connectivity index (χ2v) is 4.95. The maximum Gasteiger partial charge on any atom is 0.311 e. The average molecular weight is 282 g/mol. The van der Waals surface area contributed by atoms with Crippen LogP contribution in [0.2, 0.25) is 0 Å². The van der Waals surface area contributed by atoms with Gasteiger partial charge in [-0.15, -0.1) is 0 Å².